The molecule has 0 radical (unpaired) electrons. The van der Waals surface area contributed by atoms with Gasteiger partial charge in [-0.3, -0.25) is 4.79 Å². The maximum Gasteiger partial charge on any atom is 0.338 e. The van der Waals surface area contributed by atoms with Crippen LogP contribution in [0.3, 0.4) is 0 Å². The fourth-order valence-corrected chi connectivity index (χ4v) is 4.87. The SMILES string of the molecule is CC(=O)C1=C(C)NC(N)=C(C(=O)OCC2CC2)C1c1csc2c(C#N)cccc12. The lowest BCUT2D eigenvalue weighted by atomic mass is 9.79. The number of ketones is 1. The molecule has 1 unspecified atom stereocenters. The zero-order valence-electron chi connectivity index (χ0n) is 16.2. The Morgan fingerprint density at radius 2 is 2.10 bits per heavy atom. The largest absolute Gasteiger partial charge is 0.462 e. The molecule has 148 valence electrons. The van der Waals surface area contributed by atoms with Crippen LogP contribution in [0.1, 0.15) is 43.7 Å². The molecule has 1 aromatic heterocycles. The first-order chi connectivity index (χ1) is 13.9. The number of dihydropyridines is 1. The van der Waals surface area contributed by atoms with Crippen LogP contribution in [0.5, 0.6) is 0 Å². The van der Waals surface area contributed by atoms with Gasteiger partial charge in [0.05, 0.1) is 28.4 Å². The molecule has 3 N–H and O–H groups in total. The first-order valence-corrected chi connectivity index (χ1v) is 10.4. The summed E-state index contributed by atoms with van der Waals surface area (Å²) in [6.45, 7) is 3.62. The highest BCUT2D eigenvalue weighted by atomic mass is 32.1. The van der Waals surface area contributed by atoms with Gasteiger partial charge in [-0.15, -0.1) is 11.3 Å². The van der Waals surface area contributed by atoms with Crippen LogP contribution in [-0.4, -0.2) is 18.4 Å². The number of nitrogens with one attached hydrogen (secondary N) is 1. The Bertz CT molecular complexity index is 1130. The quantitative estimate of drug-likeness (QED) is 0.736. The first kappa shape index (κ1) is 19.2. The van der Waals surface area contributed by atoms with Crippen LogP contribution in [0, 0.1) is 17.2 Å². The topological polar surface area (TPSA) is 105 Å². The van der Waals surface area contributed by atoms with Gasteiger partial charge in [0.25, 0.3) is 0 Å². The van der Waals surface area contributed by atoms with E-state index in [4.69, 9.17) is 10.5 Å². The van der Waals surface area contributed by atoms with Crippen molar-refractivity contribution in [2.45, 2.75) is 32.6 Å². The number of nitrogens with two attached hydrogens (primary N) is 1. The van der Waals surface area contributed by atoms with Gasteiger partial charge in [0.1, 0.15) is 11.9 Å². The zero-order valence-corrected chi connectivity index (χ0v) is 17.1. The fourth-order valence-electron chi connectivity index (χ4n) is 3.80. The first-order valence-electron chi connectivity index (χ1n) is 9.48. The number of benzene rings is 1. The molecular weight excluding hydrogens is 386 g/mol. The van der Waals surface area contributed by atoms with E-state index in [1.165, 1.54) is 18.3 Å². The molecule has 1 aliphatic carbocycles. The summed E-state index contributed by atoms with van der Waals surface area (Å²) in [6.07, 6.45) is 2.13. The minimum atomic E-state index is -0.636. The molecule has 1 aromatic carbocycles. The van der Waals surface area contributed by atoms with Crippen molar-refractivity contribution in [3.63, 3.8) is 0 Å². The van der Waals surface area contributed by atoms with Gasteiger partial charge in [0, 0.05) is 11.3 Å². The Labute approximate surface area is 172 Å². The van der Waals surface area contributed by atoms with Gasteiger partial charge < -0.3 is 15.8 Å². The number of esters is 1. The number of Topliss-reactive ketones (excluding diaryl/α,β-unsaturated/α-hetero) is 1. The third kappa shape index (κ3) is 3.40. The highest BCUT2D eigenvalue weighted by molar-refractivity contribution is 7.17. The second-order valence-corrected chi connectivity index (χ2v) is 8.39. The van der Waals surface area contributed by atoms with Crippen molar-refractivity contribution < 1.29 is 14.3 Å². The predicted octanol–water partition coefficient (Wildman–Crippen LogP) is 3.45. The lowest BCUT2D eigenvalue weighted by Gasteiger charge is -2.29. The van der Waals surface area contributed by atoms with Crippen molar-refractivity contribution >= 4 is 33.2 Å². The van der Waals surface area contributed by atoms with Crippen molar-refractivity contribution in [3.8, 4) is 6.07 Å². The van der Waals surface area contributed by atoms with Crippen LogP contribution >= 0.6 is 11.3 Å². The molecule has 1 aliphatic heterocycles. The Balaban J connectivity index is 1.87. The van der Waals surface area contributed by atoms with Crippen molar-refractivity contribution in [1.82, 2.24) is 5.32 Å². The van der Waals surface area contributed by atoms with E-state index in [-0.39, 0.29) is 17.2 Å². The molecule has 1 fully saturated rings. The number of ether oxygens (including phenoxy) is 1. The molecule has 2 aromatic rings. The van der Waals surface area contributed by atoms with Crippen LogP contribution in [0.2, 0.25) is 0 Å². The standard InChI is InChI=1S/C22H21N3O3S/c1-11-17(12(2)26)18(16-10-29-20-14(8-23)4-3-5-15(16)20)19(21(24)25-11)22(27)28-9-13-6-7-13/h3-5,10,13,18,25H,6-7,9,24H2,1-2H3. The summed E-state index contributed by atoms with van der Waals surface area (Å²) in [4.78, 5) is 25.6. The number of hydrogen-bond donors (Lipinski definition) is 2. The van der Waals surface area contributed by atoms with Crippen LogP contribution in [0.4, 0.5) is 0 Å². The third-order valence-electron chi connectivity index (χ3n) is 5.40. The van der Waals surface area contributed by atoms with Gasteiger partial charge in [-0.1, -0.05) is 12.1 Å². The second-order valence-electron chi connectivity index (χ2n) is 7.51. The summed E-state index contributed by atoms with van der Waals surface area (Å²) >= 11 is 1.42. The van der Waals surface area contributed by atoms with Crippen molar-refractivity contribution in [2.24, 2.45) is 11.7 Å². The normalized spacial score (nSPS) is 19.1. The lowest BCUT2D eigenvalue weighted by molar-refractivity contribution is -0.139. The van der Waals surface area contributed by atoms with E-state index in [1.807, 2.05) is 11.4 Å². The Morgan fingerprint density at radius 3 is 2.76 bits per heavy atom. The van der Waals surface area contributed by atoms with Gasteiger partial charge >= 0.3 is 5.97 Å². The van der Waals surface area contributed by atoms with Crippen LogP contribution < -0.4 is 11.1 Å². The number of rotatable bonds is 5. The molecule has 1 saturated carbocycles. The Hall–Kier alpha value is -3.11. The number of allylic oxidation sites excluding steroid dienone is 2. The second kappa shape index (κ2) is 7.37. The summed E-state index contributed by atoms with van der Waals surface area (Å²) in [5.74, 6) is -0.664. The van der Waals surface area contributed by atoms with E-state index in [0.717, 1.165) is 28.5 Å². The summed E-state index contributed by atoms with van der Waals surface area (Å²) < 4.78 is 6.35. The number of nitriles is 1. The van der Waals surface area contributed by atoms with Gasteiger partial charge in [-0.05, 0) is 55.0 Å². The zero-order chi connectivity index (χ0) is 20.7. The number of thiophene rings is 1. The van der Waals surface area contributed by atoms with Gasteiger partial charge in [-0.25, -0.2) is 4.79 Å². The molecule has 6 nitrogen and oxygen atoms in total. The monoisotopic (exact) mass is 407 g/mol. The molecule has 0 bridgehead atoms. The Kier molecular flexibility index (Phi) is 4.89. The maximum atomic E-state index is 13.0. The number of nitrogens with zero attached hydrogens (tertiary/aromatic N) is 1. The molecular formula is C22H21N3O3S. The number of carbonyl (C=O) groups excluding carboxylic acids is 2. The smallest absolute Gasteiger partial charge is 0.338 e. The molecule has 7 heteroatoms. The van der Waals surface area contributed by atoms with E-state index in [2.05, 4.69) is 11.4 Å². The minimum absolute atomic E-state index is 0.143. The molecule has 1 atom stereocenters. The third-order valence-corrected chi connectivity index (χ3v) is 6.45. The van der Waals surface area contributed by atoms with Crippen LogP contribution in [0.15, 0.2) is 46.2 Å². The highest BCUT2D eigenvalue weighted by Gasteiger charge is 2.38. The van der Waals surface area contributed by atoms with E-state index in [9.17, 15) is 14.9 Å². The van der Waals surface area contributed by atoms with E-state index in [1.54, 1.807) is 19.1 Å². The average Bonchev–Trinajstić information content (AvgIpc) is 3.41. The molecule has 2 aliphatic rings. The number of hydrogen-bond acceptors (Lipinski definition) is 7. The minimum Gasteiger partial charge on any atom is -0.462 e. The average molecular weight is 407 g/mol. The predicted molar refractivity (Wildman–Crippen MR) is 111 cm³/mol. The van der Waals surface area contributed by atoms with E-state index in [0.29, 0.717) is 29.4 Å². The lowest BCUT2D eigenvalue weighted by Crippen LogP contribution is -2.35. The van der Waals surface area contributed by atoms with Crippen LogP contribution in [-0.2, 0) is 14.3 Å². The summed E-state index contributed by atoms with van der Waals surface area (Å²) in [7, 11) is 0. The van der Waals surface area contributed by atoms with E-state index >= 15 is 0 Å². The molecule has 0 spiro atoms. The van der Waals surface area contributed by atoms with Gasteiger partial charge in [-0.2, -0.15) is 5.26 Å². The van der Waals surface area contributed by atoms with E-state index < -0.39 is 11.9 Å². The fraction of sp³-hybridized carbons (Fsp3) is 0.318. The van der Waals surface area contributed by atoms with Crippen LogP contribution in [0.25, 0.3) is 10.1 Å². The van der Waals surface area contributed by atoms with Crippen molar-refractivity contribution in [2.75, 3.05) is 6.61 Å². The number of carbonyl (C=O) groups is 2. The maximum absolute atomic E-state index is 13.0. The molecule has 4 rings (SSSR count). The highest BCUT2D eigenvalue weighted by Crippen LogP contribution is 2.44. The molecule has 0 saturated heterocycles. The summed E-state index contributed by atoms with van der Waals surface area (Å²) in [6, 6.07) is 7.67. The van der Waals surface area contributed by atoms with Crippen molar-refractivity contribution in [1.29, 1.82) is 5.26 Å². The van der Waals surface area contributed by atoms with Gasteiger partial charge in [0.15, 0.2) is 5.78 Å². The summed E-state index contributed by atoms with van der Waals surface area (Å²) in [5, 5.41) is 15.1. The molecule has 0 amide bonds. The number of fused-ring (bicyclic) bond motifs is 1. The molecule has 2 heterocycles. The van der Waals surface area contributed by atoms with Gasteiger partial charge in [0.2, 0.25) is 0 Å². The Morgan fingerprint density at radius 1 is 1.34 bits per heavy atom. The van der Waals surface area contributed by atoms with Crippen molar-refractivity contribution in [3.05, 3.63) is 57.4 Å². The molecule has 29 heavy (non-hydrogen) atoms. The summed E-state index contributed by atoms with van der Waals surface area (Å²) in [5.41, 5.74) is 8.93.